The molecule has 3 aromatic rings. The number of rotatable bonds is 3. The van der Waals surface area contributed by atoms with Crippen LogP contribution in [0.5, 0.6) is 0 Å². The molecule has 0 bridgehead atoms. The average molecular weight is 334 g/mol. The van der Waals surface area contributed by atoms with Gasteiger partial charge in [-0.2, -0.15) is 5.10 Å². The number of piperidine rings is 1. The second-order valence-corrected chi connectivity index (χ2v) is 6.77. The van der Waals surface area contributed by atoms with Gasteiger partial charge in [0, 0.05) is 24.2 Å². The Hall–Kier alpha value is -2.69. The molecule has 5 nitrogen and oxygen atoms in total. The van der Waals surface area contributed by atoms with E-state index in [2.05, 4.69) is 39.4 Å². The summed E-state index contributed by atoms with van der Waals surface area (Å²) in [6, 6.07) is 12.6. The van der Waals surface area contributed by atoms with Crippen molar-refractivity contribution >= 4 is 16.9 Å². The van der Waals surface area contributed by atoms with Crippen LogP contribution in [0, 0.1) is 6.92 Å². The summed E-state index contributed by atoms with van der Waals surface area (Å²) in [6.45, 7) is 2.74. The normalized spacial score (nSPS) is 17.8. The van der Waals surface area contributed by atoms with Gasteiger partial charge in [0.05, 0.1) is 11.3 Å². The Morgan fingerprint density at radius 3 is 2.96 bits per heavy atom. The maximum Gasteiger partial charge on any atom is 0.255 e. The fraction of sp³-hybridized carbons (Fsp3) is 0.350. The Bertz CT molecular complexity index is 887. The van der Waals surface area contributed by atoms with Crippen LogP contribution < -0.4 is 0 Å². The van der Waals surface area contributed by atoms with E-state index < -0.39 is 0 Å². The number of hydrogen-bond acceptors (Lipinski definition) is 3. The zero-order valence-electron chi connectivity index (χ0n) is 14.4. The molecule has 1 aliphatic rings. The summed E-state index contributed by atoms with van der Waals surface area (Å²) in [6.07, 6.45) is 5.88. The van der Waals surface area contributed by atoms with Crippen LogP contribution in [0.1, 0.15) is 40.9 Å². The molecule has 1 fully saturated rings. The third kappa shape index (κ3) is 3.14. The number of carbonyl (C=O) groups excluding carboxylic acids is 1. The highest BCUT2D eigenvalue weighted by Gasteiger charge is 2.28. The van der Waals surface area contributed by atoms with E-state index in [1.54, 1.807) is 6.20 Å². The molecule has 128 valence electrons. The Morgan fingerprint density at radius 2 is 2.12 bits per heavy atom. The van der Waals surface area contributed by atoms with Crippen LogP contribution in [0.15, 0.2) is 42.6 Å². The van der Waals surface area contributed by atoms with E-state index in [0.717, 1.165) is 42.5 Å². The first-order valence-electron chi connectivity index (χ1n) is 8.88. The number of aryl methyl sites for hydroxylation is 1. The quantitative estimate of drug-likeness (QED) is 0.797. The number of fused-ring (bicyclic) bond motifs is 1. The van der Waals surface area contributed by atoms with Gasteiger partial charge in [0.2, 0.25) is 0 Å². The lowest BCUT2D eigenvalue weighted by molar-refractivity contribution is 0.0613. The molecule has 1 aromatic carbocycles. The number of nitrogens with zero attached hydrogens (tertiary/aromatic N) is 3. The SMILES string of the molecule is Cc1n[nH]c2ncc(C(=O)N3CCCCC3Cc3ccccc3)cc12. The van der Waals surface area contributed by atoms with Gasteiger partial charge in [0.15, 0.2) is 5.65 Å². The van der Waals surface area contributed by atoms with Gasteiger partial charge in [-0.05, 0) is 44.2 Å². The number of amides is 1. The van der Waals surface area contributed by atoms with Crippen LogP contribution in [0.3, 0.4) is 0 Å². The summed E-state index contributed by atoms with van der Waals surface area (Å²) in [5.74, 6) is 0.0793. The maximum atomic E-state index is 13.1. The highest BCUT2D eigenvalue weighted by atomic mass is 16.2. The molecular weight excluding hydrogens is 312 g/mol. The Morgan fingerprint density at radius 1 is 1.28 bits per heavy atom. The molecule has 0 radical (unpaired) electrons. The first kappa shape index (κ1) is 15.8. The van der Waals surface area contributed by atoms with Crippen LogP contribution in [-0.4, -0.2) is 38.6 Å². The molecule has 0 saturated carbocycles. The van der Waals surface area contributed by atoms with E-state index in [1.165, 1.54) is 12.0 Å². The van der Waals surface area contributed by atoms with E-state index in [0.29, 0.717) is 5.56 Å². The monoisotopic (exact) mass is 334 g/mol. The Labute approximate surface area is 147 Å². The zero-order chi connectivity index (χ0) is 17.2. The van der Waals surface area contributed by atoms with Crippen molar-refractivity contribution in [1.29, 1.82) is 0 Å². The van der Waals surface area contributed by atoms with E-state index in [1.807, 2.05) is 24.0 Å². The number of hydrogen-bond donors (Lipinski definition) is 1. The van der Waals surface area contributed by atoms with Crippen molar-refractivity contribution in [1.82, 2.24) is 20.1 Å². The number of nitrogens with one attached hydrogen (secondary N) is 1. The molecule has 1 N–H and O–H groups in total. The van der Waals surface area contributed by atoms with E-state index in [4.69, 9.17) is 0 Å². The van der Waals surface area contributed by atoms with Crippen LogP contribution in [0.4, 0.5) is 0 Å². The van der Waals surface area contributed by atoms with Gasteiger partial charge in [0.25, 0.3) is 5.91 Å². The van der Waals surface area contributed by atoms with Gasteiger partial charge >= 0.3 is 0 Å². The number of H-pyrrole nitrogens is 1. The Kier molecular flexibility index (Phi) is 4.22. The second kappa shape index (κ2) is 6.67. The molecular formula is C20H22N4O. The predicted molar refractivity (Wildman–Crippen MR) is 97.4 cm³/mol. The number of aromatic amines is 1. The number of aromatic nitrogens is 3. The lowest BCUT2D eigenvalue weighted by Crippen LogP contribution is -2.44. The van der Waals surface area contributed by atoms with Gasteiger partial charge in [-0.3, -0.25) is 9.89 Å². The molecule has 1 unspecified atom stereocenters. The van der Waals surface area contributed by atoms with Crippen molar-refractivity contribution in [3.63, 3.8) is 0 Å². The number of benzene rings is 1. The molecule has 25 heavy (non-hydrogen) atoms. The minimum Gasteiger partial charge on any atom is -0.335 e. The topological polar surface area (TPSA) is 61.9 Å². The van der Waals surface area contributed by atoms with Crippen LogP contribution in [0.25, 0.3) is 11.0 Å². The fourth-order valence-electron chi connectivity index (χ4n) is 3.68. The van der Waals surface area contributed by atoms with Crippen molar-refractivity contribution in [2.45, 2.75) is 38.6 Å². The molecule has 1 aliphatic heterocycles. The summed E-state index contributed by atoms with van der Waals surface area (Å²) in [4.78, 5) is 19.5. The number of carbonyl (C=O) groups is 1. The maximum absolute atomic E-state index is 13.1. The summed E-state index contributed by atoms with van der Waals surface area (Å²) in [7, 11) is 0. The standard InChI is InChI=1S/C20H22N4O/c1-14-18-12-16(13-21-19(18)23-22-14)20(25)24-10-6-5-9-17(24)11-15-7-3-2-4-8-15/h2-4,7-8,12-13,17H,5-6,9-11H2,1H3,(H,21,22,23). The molecule has 1 saturated heterocycles. The highest BCUT2D eigenvalue weighted by Crippen LogP contribution is 2.24. The van der Waals surface area contributed by atoms with E-state index in [9.17, 15) is 4.79 Å². The molecule has 5 heteroatoms. The molecule has 3 heterocycles. The van der Waals surface area contributed by atoms with Gasteiger partial charge in [-0.25, -0.2) is 4.98 Å². The highest BCUT2D eigenvalue weighted by molar-refractivity contribution is 5.97. The van der Waals surface area contributed by atoms with Gasteiger partial charge in [0.1, 0.15) is 0 Å². The van der Waals surface area contributed by atoms with Crippen LogP contribution in [-0.2, 0) is 6.42 Å². The largest absolute Gasteiger partial charge is 0.335 e. The van der Waals surface area contributed by atoms with Crippen LogP contribution in [0.2, 0.25) is 0 Å². The van der Waals surface area contributed by atoms with E-state index >= 15 is 0 Å². The van der Waals surface area contributed by atoms with Crippen molar-refractivity contribution in [3.05, 3.63) is 59.4 Å². The van der Waals surface area contributed by atoms with Gasteiger partial charge in [-0.1, -0.05) is 30.3 Å². The minimum absolute atomic E-state index is 0.0793. The first-order chi connectivity index (χ1) is 12.2. The minimum atomic E-state index is 0.0793. The zero-order valence-corrected chi connectivity index (χ0v) is 14.4. The Balaban J connectivity index is 1.60. The second-order valence-electron chi connectivity index (χ2n) is 6.77. The summed E-state index contributed by atoms with van der Waals surface area (Å²) in [5.41, 5.74) is 3.54. The number of likely N-dealkylation sites (tertiary alicyclic amines) is 1. The summed E-state index contributed by atoms with van der Waals surface area (Å²) < 4.78 is 0. The van der Waals surface area contributed by atoms with E-state index in [-0.39, 0.29) is 11.9 Å². The third-order valence-corrected chi connectivity index (χ3v) is 5.06. The van der Waals surface area contributed by atoms with Crippen LogP contribution >= 0.6 is 0 Å². The van der Waals surface area contributed by atoms with Crippen molar-refractivity contribution in [2.24, 2.45) is 0 Å². The lowest BCUT2D eigenvalue weighted by atomic mass is 9.95. The summed E-state index contributed by atoms with van der Waals surface area (Å²) >= 11 is 0. The van der Waals surface area contributed by atoms with Crippen molar-refractivity contribution in [3.8, 4) is 0 Å². The lowest BCUT2D eigenvalue weighted by Gasteiger charge is -2.36. The molecule has 0 aliphatic carbocycles. The molecule has 1 atom stereocenters. The average Bonchev–Trinajstić information content (AvgIpc) is 3.03. The third-order valence-electron chi connectivity index (χ3n) is 5.06. The van der Waals surface area contributed by atoms with Gasteiger partial charge in [-0.15, -0.1) is 0 Å². The van der Waals surface area contributed by atoms with Crippen molar-refractivity contribution in [2.75, 3.05) is 6.54 Å². The molecule has 2 aromatic heterocycles. The van der Waals surface area contributed by atoms with Gasteiger partial charge < -0.3 is 4.90 Å². The fourth-order valence-corrected chi connectivity index (χ4v) is 3.68. The summed E-state index contributed by atoms with van der Waals surface area (Å²) in [5, 5.41) is 7.97. The smallest absolute Gasteiger partial charge is 0.255 e. The molecule has 4 rings (SSSR count). The predicted octanol–water partition coefficient (Wildman–Crippen LogP) is 3.50. The number of pyridine rings is 1. The first-order valence-corrected chi connectivity index (χ1v) is 8.88. The molecule has 1 amide bonds. The molecule has 0 spiro atoms. The van der Waals surface area contributed by atoms with Crippen molar-refractivity contribution < 1.29 is 4.79 Å².